The van der Waals surface area contributed by atoms with E-state index in [1.165, 1.54) is 6.07 Å². The second-order valence-electron chi connectivity index (χ2n) is 4.49. The van der Waals surface area contributed by atoms with E-state index in [1.54, 1.807) is 35.1 Å². The molecule has 0 aliphatic carbocycles. The third kappa shape index (κ3) is 2.87. The Hall–Kier alpha value is -2.02. The Bertz CT molecular complexity index is 648. The lowest BCUT2D eigenvalue weighted by molar-refractivity contribution is 0.209. The molecule has 1 aliphatic heterocycles. The number of amides is 2. The summed E-state index contributed by atoms with van der Waals surface area (Å²) in [6.07, 6.45) is 1.56. The quantitative estimate of drug-likeness (QED) is 0.916. The van der Waals surface area contributed by atoms with Crippen LogP contribution in [-0.4, -0.2) is 23.2 Å². The molecule has 110 valence electrons. The summed E-state index contributed by atoms with van der Waals surface area (Å²) in [7, 11) is 0. The van der Waals surface area contributed by atoms with Gasteiger partial charge in [-0.1, -0.05) is 0 Å². The van der Waals surface area contributed by atoms with Gasteiger partial charge in [-0.25, -0.2) is 13.6 Å². The first kappa shape index (κ1) is 13.9. The first-order chi connectivity index (χ1) is 10.1. The number of benzene rings is 1. The van der Waals surface area contributed by atoms with Gasteiger partial charge in [-0.3, -0.25) is 0 Å². The second kappa shape index (κ2) is 5.77. The van der Waals surface area contributed by atoms with E-state index in [0.29, 0.717) is 12.3 Å². The van der Waals surface area contributed by atoms with E-state index < -0.39 is 11.6 Å². The summed E-state index contributed by atoms with van der Waals surface area (Å²) >= 11 is 1.59. The predicted molar refractivity (Wildman–Crippen MR) is 76.0 cm³/mol. The van der Waals surface area contributed by atoms with Crippen molar-refractivity contribution in [2.45, 2.75) is 5.37 Å². The van der Waals surface area contributed by atoms with E-state index in [9.17, 15) is 13.6 Å². The molecule has 1 aromatic heterocycles. The van der Waals surface area contributed by atoms with Gasteiger partial charge in [0.2, 0.25) is 0 Å². The first-order valence-corrected chi connectivity index (χ1v) is 7.38. The SMILES string of the molecule is O=C(Nc1ccc(F)c(F)c1)N1CCSC1c1ccco1. The van der Waals surface area contributed by atoms with Gasteiger partial charge in [-0.2, -0.15) is 0 Å². The molecule has 3 rings (SSSR count). The highest BCUT2D eigenvalue weighted by molar-refractivity contribution is 7.99. The van der Waals surface area contributed by atoms with Crippen LogP contribution in [0.2, 0.25) is 0 Å². The van der Waals surface area contributed by atoms with Gasteiger partial charge in [0.15, 0.2) is 11.6 Å². The Morgan fingerprint density at radius 3 is 2.90 bits per heavy atom. The van der Waals surface area contributed by atoms with Crippen LogP contribution in [0.1, 0.15) is 11.1 Å². The monoisotopic (exact) mass is 310 g/mol. The molecule has 0 saturated carbocycles. The van der Waals surface area contributed by atoms with E-state index in [2.05, 4.69) is 5.32 Å². The van der Waals surface area contributed by atoms with E-state index in [1.807, 2.05) is 0 Å². The zero-order valence-electron chi connectivity index (χ0n) is 10.9. The van der Waals surface area contributed by atoms with E-state index in [4.69, 9.17) is 4.42 Å². The molecule has 0 radical (unpaired) electrons. The van der Waals surface area contributed by atoms with Crippen molar-refractivity contribution in [3.63, 3.8) is 0 Å². The van der Waals surface area contributed by atoms with Crippen LogP contribution in [0.25, 0.3) is 0 Å². The first-order valence-electron chi connectivity index (χ1n) is 6.33. The zero-order valence-corrected chi connectivity index (χ0v) is 11.7. The number of nitrogens with one attached hydrogen (secondary N) is 1. The summed E-state index contributed by atoms with van der Waals surface area (Å²) in [5, 5.41) is 2.37. The summed E-state index contributed by atoms with van der Waals surface area (Å²) in [6.45, 7) is 0.561. The van der Waals surface area contributed by atoms with E-state index in [0.717, 1.165) is 17.9 Å². The number of urea groups is 1. The maximum atomic E-state index is 13.1. The normalized spacial score (nSPS) is 18.0. The molecular weight excluding hydrogens is 298 g/mol. The summed E-state index contributed by atoms with van der Waals surface area (Å²) in [5.41, 5.74) is 0.217. The van der Waals surface area contributed by atoms with Crippen molar-refractivity contribution in [2.24, 2.45) is 0 Å². The van der Waals surface area contributed by atoms with Gasteiger partial charge >= 0.3 is 6.03 Å². The van der Waals surface area contributed by atoms with Crippen molar-refractivity contribution in [2.75, 3.05) is 17.6 Å². The van der Waals surface area contributed by atoms with Crippen molar-refractivity contribution < 1.29 is 18.0 Å². The number of rotatable bonds is 2. The van der Waals surface area contributed by atoms with Crippen LogP contribution < -0.4 is 5.32 Å². The molecule has 7 heteroatoms. The highest BCUT2D eigenvalue weighted by atomic mass is 32.2. The number of carbonyl (C=O) groups excluding carboxylic acids is 1. The van der Waals surface area contributed by atoms with Crippen molar-refractivity contribution in [3.8, 4) is 0 Å². The lowest BCUT2D eigenvalue weighted by atomic mass is 10.3. The lowest BCUT2D eigenvalue weighted by Gasteiger charge is -2.22. The smallest absolute Gasteiger partial charge is 0.323 e. The Balaban J connectivity index is 1.73. The van der Waals surface area contributed by atoms with Gasteiger partial charge in [-0.15, -0.1) is 11.8 Å². The largest absolute Gasteiger partial charge is 0.466 e. The fourth-order valence-electron chi connectivity index (χ4n) is 2.11. The second-order valence-corrected chi connectivity index (χ2v) is 5.68. The summed E-state index contributed by atoms with van der Waals surface area (Å²) < 4.78 is 31.3. The molecule has 2 amide bonds. The number of thioether (sulfide) groups is 1. The molecule has 1 aromatic carbocycles. The Kier molecular flexibility index (Phi) is 3.83. The third-order valence-electron chi connectivity index (χ3n) is 3.11. The van der Waals surface area contributed by atoms with Gasteiger partial charge in [-0.05, 0) is 24.3 Å². The lowest BCUT2D eigenvalue weighted by Crippen LogP contribution is -2.34. The predicted octanol–water partition coefficient (Wildman–Crippen LogP) is 3.84. The number of hydrogen-bond acceptors (Lipinski definition) is 3. The summed E-state index contributed by atoms with van der Waals surface area (Å²) in [6, 6.07) is 6.46. The summed E-state index contributed by atoms with van der Waals surface area (Å²) in [4.78, 5) is 13.9. The molecule has 0 bridgehead atoms. The van der Waals surface area contributed by atoms with Gasteiger partial charge < -0.3 is 14.6 Å². The zero-order chi connectivity index (χ0) is 14.8. The average molecular weight is 310 g/mol. The van der Waals surface area contributed by atoms with Crippen LogP contribution in [0.4, 0.5) is 19.3 Å². The van der Waals surface area contributed by atoms with Crippen LogP contribution in [0.15, 0.2) is 41.0 Å². The fourth-order valence-corrected chi connectivity index (χ4v) is 3.32. The maximum Gasteiger partial charge on any atom is 0.323 e. The van der Waals surface area contributed by atoms with Crippen molar-refractivity contribution in [1.82, 2.24) is 4.90 Å². The number of carbonyl (C=O) groups is 1. The minimum Gasteiger partial charge on any atom is -0.466 e. The van der Waals surface area contributed by atoms with Crippen LogP contribution >= 0.6 is 11.8 Å². The van der Waals surface area contributed by atoms with Crippen molar-refractivity contribution in [1.29, 1.82) is 0 Å². The van der Waals surface area contributed by atoms with Crippen molar-refractivity contribution in [3.05, 3.63) is 54.0 Å². The number of nitrogens with zero attached hydrogens (tertiary/aromatic N) is 1. The number of anilines is 1. The third-order valence-corrected chi connectivity index (χ3v) is 4.33. The highest BCUT2D eigenvalue weighted by Crippen LogP contribution is 2.38. The molecule has 1 N–H and O–H groups in total. The van der Waals surface area contributed by atoms with Crippen LogP contribution in [0, 0.1) is 11.6 Å². The molecule has 1 aliphatic rings. The van der Waals surface area contributed by atoms with Crippen LogP contribution in [0.5, 0.6) is 0 Å². The van der Waals surface area contributed by atoms with Gasteiger partial charge in [0.1, 0.15) is 11.1 Å². The van der Waals surface area contributed by atoms with E-state index in [-0.39, 0.29) is 17.1 Å². The summed E-state index contributed by atoms with van der Waals surface area (Å²) in [5.74, 6) is -0.460. The number of halogens is 2. The Labute approximate surface area is 124 Å². The number of furan rings is 1. The van der Waals surface area contributed by atoms with Gasteiger partial charge in [0, 0.05) is 24.1 Å². The molecule has 1 fully saturated rings. The molecular formula is C14H12F2N2O2S. The fraction of sp³-hybridized carbons (Fsp3) is 0.214. The Morgan fingerprint density at radius 1 is 1.33 bits per heavy atom. The molecule has 1 saturated heterocycles. The van der Waals surface area contributed by atoms with Crippen molar-refractivity contribution >= 4 is 23.5 Å². The molecule has 1 unspecified atom stereocenters. The molecule has 21 heavy (non-hydrogen) atoms. The minimum absolute atomic E-state index is 0.203. The molecule has 4 nitrogen and oxygen atoms in total. The van der Waals surface area contributed by atoms with Gasteiger partial charge in [0.05, 0.1) is 6.26 Å². The number of hydrogen-bond donors (Lipinski definition) is 1. The standard InChI is InChI=1S/C14H12F2N2O2S/c15-10-4-3-9(8-11(10)16)17-14(19)18-5-7-21-13(18)12-2-1-6-20-12/h1-4,6,8,13H,5,7H2,(H,17,19). The molecule has 2 aromatic rings. The maximum absolute atomic E-state index is 13.1. The van der Waals surface area contributed by atoms with Gasteiger partial charge in [0.25, 0.3) is 0 Å². The molecule has 2 heterocycles. The molecule has 0 spiro atoms. The average Bonchev–Trinajstić information content (AvgIpc) is 3.12. The minimum atomic E-state index is -0.994. The van der Waals surface area contributed by atoms with E-state index >= 15 is 0 Å². The topological polar surface area (TPSA) is 45.5 Å². The van der Waals surface area contributed by atoms with Crippen LogP contribution in [-0.2, 0) is 0 Å². The molecule has 1 atom stereocenters. The Morgan fingerprint density at radius 2 is 2.19 bits per heavy atom. The van der Waals surface area contributed by atoms with Crippen LogP contribution in [0.3, 0.4) is 0 Å². The highest BCUT2D eigenvalue weighted by Gasteiger charge is 2.32.